The minimum Gasteiger partial charge on any atom is -0.320 e. The summed E-state index contributed by atoms with van der Waals surface area (Å²) >= 11 is 0. The first-order valence-corrected chi connectivity index (χ1v) is 17.9. The standard InChI is InChI=1S/C37H61NSi/c1-13-15-19-37(20-16-14-2)31-23-27(34(4,5)6)17-18-28(31)30-22-26-21-25(3)33(29(26)24-32(30)37)39-38(35(7,8)9)36(10,11)12/h17-18,22-26,29,33H,13-16,19-21,39H2,1-12H3. The Kier molecular flexibility index (Phi) is 8.65. The van der Waals surface area contributed by atoms with Gasteiger partial charge in [0.15, 0.2) is 0 Å². The predicted octanol–water partition coefficient (Wildman–Crippen LogP) is 9.98. The summed E-state index contributed by atoms with van der Waals surface area (Å²) in [6.45, 7) is 29.2. The SMILES string of the molecule is CCCCC1(CCCC)C2=CC3C(C=C2c2ccc(C(C)(C)C)cc21)CC(C)C3[SiH2]N(C(C)(C)C)C(C)(C)C. The molecular formula is C37H61NSi. The van der Waals surface area contributed by atoms with Crippen molar-refractivity contribution in [1.29, 1.82) is 0 Å². The summed E-state index contributed by atoms with van der Waals surface area (Å²) < 4.78 is 2.93. The average Bonchev–Trinajstić information content (AvgIpc) is 3.27. The molecule has 0 heterocycles. The summed E-state index contributed by atoms with van der Waals surface area (Å²) in [4.78, 5) is 0. The Morgan fingerprint density at radius 3 is 1.97 bits per heavy atom. The number of unbranched alkanes of at least 4 members (excludes halogenated alkanes) is 2. The van der Waals surface area contributed by atoms with Crippen LogP contribution in [-0.4, -0.2) is 25.3 Å². The van der Waals surface area contributed by atoms with Gasteiger partial charge in [0.25, 0.3) is 0 Å². The van der Waals surface area contributed by atoms with E-state index in [0.29, 0.717) is 5.92 Å². The van der Waals surface area contributed by atoms with Gasteiger partial charge in [0.2, 0.25) is 0 Å². The third-order valence-electron chi connectivity index (χ3n) is 10.5. The lowest BCUT2D eigenvalue weighted by molar-refractivity contribution is 0.135. The second-order valence-corrected chi connectivity index (χ2v) is 18.5. The maximum Gasteiger partial charge on any atom is 0.100 e. The lowest BCUT2D eigenvalue weighted by atomic mass is 9.68. The van der Waals surface area contributed by atoms with E-state index >= 15 is 0 Å². The number of allylic oxidation sites excluding steroid dienone is 4. The predicted molar refractivity (Wildman–Crippen MR) is 176 cm³/mol. The van der Waals surface area contributed by atoms with E-state index in [2.05, 4.69) is 118 Å². The highest BCUT2D eigenvalue weighted by Crippen LogP contribution is 2.61. The van der Waals surface area contributed by atoms with E-state index in [9.17, 15) is 0 Å². The van der Waals surface area contributed by atoms with E-state index in [1.165, 1.54) is 50.5 Å². The van der Waals surface area contributed by atoms with Gasteiger partial charge in [-0.3, -0.25) is 0 Å². The Balaban J connectivity index is 1.84. The average molecular weight is 548 g/mol. The van der Waals surface area contributed by atoms with Crippen molar-refractivity contribution in [3.05, 3.63) is 52.6 Å². The fourth-order valence-corrected chi connectivity index (χ4v) is 11.4. The first-order valence-electron chi connectivity index (χ1n) is 16.4. The van der Waals surface area contributed by atoms with Gasteiger partial charge in [0, 0.05) is 16.5 Å². The van der Waals surface area contributed by atoms with Crippen LogP contribution in [0.25, 0.3) is 5.57 Å². The van der Waals surface area contributed by atoms with Crippen molar-refractivity contribution in [2.75, 3.05) is 0 Å². The Morgan fingerprint density at radius 1 is 0.872 bits per heavy atom. The second-order valence-electron chi connectivity index (χ2n) is 16.5. The molecule has 218 valence electrons. The van der Waals surface area contributed by atoms with Gasteiger partial charge in [-0.1, -0.05) is 97.6 Å². The van der Waals surface area contributed by atoms with Crippen LogP contribution in [0.4, 0.5) is 0 Å². The summed E-state index contributed by atoms with van der Waals surface area (Å²) in [6.07, 6.45) is 14.8. The molecule has 4 rings (SSSR count). The Labute approximate surface area is 245 Å². The minimum atomic E-state index is -0.446. The fraction of sp³-hybridized carbons (Fsp3) is 0.730. The summed E-state index contributed by atoms with van der Waals surface area (Å²) in [7, 11) is -0.446. The van der Waals surface area contributed by atoms with Gasteiger partial charge in [0.1, 0.15) is 9.68 Å². The Bertz CT molecular complexity index is 1060. The molecule has 1 aromatic rings. The molecule has 3 aliphatic carbocycles. The van der Waals surface area contributed by atoms with E-state index in [-0.39, 0.29) is 21.9 Å². The molecule has 4 unspecified atom stereocenters. The summed E-state index contributed by atoms with van der Waals surface area (Å²) in [5.74, 6) is 2.24. The molecule has 39 heavy (non-hydrogen) atoms. The van der Waals surface area contributed by atoms with Crippen molar-refractivity contribution in [3.8, 4) is 0 Å². The molecule has 4 atom stereocenters. The molecule has 1 nitrogen and oxygen atoms in total. The van der Waals surface area contributed by atoms with Crippen LogP contribution in [0.3, 0.4) is 0 Å². The van der Waals surface area contributed by atoms with Crippen molar-refractivity contribution in [3.63, 3.8) is 0 Å². The maximum absolute atomic E-state index is 2.93. The van der Waals surface area contributed by atoms with Gasteiger partial charge < -0.3 is 4.57 Å². The zero-order valence-corrected chi connectivity index (χ0v) is 29.2. The van der Waals surface area contributed by atoms with Crippen LogP contribution in [0.5, 0.6) is 0 Å². The van der Waals surface area contributed by atoms with Crippen LogP contribution in [0, 0.1) is 17.8 Å². The largest absolute Gasteiger partial charge is 0.320 e. The van der Waals surface area contributed by atoms with Crippen LogP contribution in [0.2, 0.25) is 5.54 Å². The first-order chi connectivity index (χ1) is 18.0. The summed E-state index contributed by atoms with van der Waals surface area (Å²) in [5.41, 5.74) is 9.78. The first kappa shape index (κ1) is 30.8. The zero-order chi connectivity index (χ0) is 29.0. The zero-order valence-electron chi connectivity index (χ0n) is 27.8. The molecule has 0 spiro atoms. The van der Waals surface area contributed by atoms with Crippen LogP contribution < -0.4 is 0 Å². The molecular weight excluding hydrogens is 487 g/mol. The van der Waals surface area contributed by atoms with Crippen molar-refractivity contribution >= 4 is 15.3 Å². The highest BCUT2D eigenvalue weighted by atomic mass is 28.2. The Morgan fingerprint density at radius 2 is 1.46 bits per heavy atom. The van der Waals surface area contributed by atoms with E-state index in [1.54, 1.807) is 22.3 Å². The normalized spacial score (nSPS) is 26.6. The highest BCUT2D eigenvalue weighted by molar-refractivity contribution is 6.35. The van der Waals surface area contributed by atoms with Crippen molar-refractivity contribution in [2.45, 2.75) is 155 Å². The monoisotopic (exact) mass is 547 g/mol. The van der Waals surface area contributed by atoms with E-state index in [0.717, 1.165) is 17.4 Å². The number of hydrogen-bond acceptors (Lipinski definition) is 1. The Hall–Kier alpha value is -1.12. The van der Waals surface area contributed by atoms with Crippen LogP contribution in [0.15, 0.2) is 35.9 Å². The maximum atomic E-state index is 2.93. The van der Waals surface area contributed by atoms with Gasteiger partial charge >= 0.3 is 0 Å². The molecule has 3 aliphatic rings. The lowest BCUT2D eigenvalue weighted by Crippen LogP contribution is -2.56. The van der Waals surface area contributed by atoms with Gasteiger partial charge in [-0.2, -0.15) is 0 Å². The van der Waals surface area contributed by atoms with Crippen molar-refractivity contribution in [2.24, 2.45) is 17.8 Å². The number of fused-ring (bicyclic) bond motifs is 4. The van der Waals surface area contributed by atoms with Gasteiger partial charge in [-0.25, -0.2) is 0 Å². The number of benzene rings is 1. The van der Waals surface area contributed by atoms with Gasteiger partial charge in [-0.15, -0.1) is 0 Å². The van der Waals surface area contributed by atoms with Gasteiger partial charge in [-0.05, 0) is 117 Å². The molecule has 0 amide bonds. The number of rotatable bonds is 8. The molecule has 0 aliphatic heterocycles. The molecule has 1 fully saturated rings. The van der Waals surface area contributed by atoms with Gasteiger partial charge in [0.05, 0.1) is 0 Å². The molecule has 0 saturated heterocycles. The van der Waals surface area contributed by atoms with E-state index in [1.807, 2.05) is 0 Å². The smallest absolute Gasteiger partial charge is 0.100 e. The molecule has 0 aromatic heterocycles. The third kappa shape index (κ3) is 5.81. The lowest BCUT2D eigenvalue weighted by Gasteiger charge is -2.48. The van der Waals surface area contributed by atoms with Crippen LogP contribution >= 0.6 is 0 Å². The second kappa shape index (κ2) is 10.9. The van der Waals surface area contributed by atoms with Crippen molar-refractivity contribution in [1.82, 2.24) is 4.57 Å². The van der Waals surface area contributed by atoms with Crippen LogP contribution in [0.1, 0.15) is 145 Å². The fourth-order valence-electron chi connectivity index (χ4n) is 8.60. The van der Waals surface area contributed by atoms with E-state index < -0.39 is 9.68 Å². The molecule has 0 bridgehead atoms. The summed E-state index contributed by atoms with van der Waals surface area (Å²) in [6, 6.07) is 7.60. The molecule has 0 N–H and O–H groups in total. The third-order valence-corrected chi connectivity index (χ3v) is 14.6. The van der Waals surface area contributed by atoms with E-state index in [4.69, 9.17) is 0 Å². The number of hydrogen-bond donors (Lipinski definition) is 0. The molecule has 2 heteroatoms. The van der Waals surface area contributed by atoms with Crippen LogP contribution in [-0.2, 0) is 10.8 Å². The molecule has 1 aromatic carbocycles. The molecule has 1 saturated carbocycles. The summed E-state index contributed by atoms with van der Waals surface area (Å²) in [5, 5.41) is 0. The number of nitrogens with zero attached hydrogens (tertiary/aromatic N) is 1. The minimum absolute atomic E-state index is 0.179. The topological polar surface area (TPSA) is 3.24 Å². The molecule has 0 radical (unpaired) electrons. The quantitative estimate of drug-likeness (QED) is 0.293. The van der Waals surface area contributed by atoms with Crippen molar-refractivity contribution < 1.29 is 0 Å². The highest BCUT2D eigenvalue weighted by Gasteiger charge is 2.51.